The summed E-state index contributed by atoms with van der Waals surface area (Å²) in [4.78, 5) is 2.73. The summed E-state index contributed by atoms with van der Waals surface area (Å²) in [6, 6.07) is 0.671. The number of piperazine rings is 1. The zero-order valence-corrected chi connectivity index (χ0v) is 14.0. The van der Waals surface area contributed by atoms with E-state index in [0.717, 1.165) is 19.0 Å². The monoisotopic (exact) mass is 282 g/mol. The summed E-state index contributed by atoms with van der Waals surface area (Å²) in [7, 11) is 1.83. The second-order valence-corrected chi connectivity index (χ2v) is 7.15. The Labute approximate surface area is 125 Å². The van der Waals surface area contributed by atoms with Crippen molar-refractivity contribution in [1.29, 1.82) is 0 Å². The minimum atomic E-state index is 0.334. The van der Waals surface area contributed by atoms with E-state index in [1.807, 2.05) is 7.11 Å². The van der Waals surface area contributed by atoms with Crippen LogP contribution in [0.15, 0.2) is 0 Å². The van der Waals surface area contributed by atoms with E-state index in [1.54, 1.807) is 0 Å². The van der Waals surface area contributed by atoms with Crippen LogP contribution >= 0.6 is 0 Å². The van der Waals surface area contributed by atoms with Gasteiger partial charge in [0.25, 0.3) is 0 Å². The lowest BCUT2D eigenvalue weighted by Gasteiger charge is -2.51. The average Bonchev–Trinajstić information content (AvgIpc) is 2.47. The first kappa shape index (κ1) is 16.3. The van der Waals surface area contributed by atoms with Gasteiger partial charge in [-0.1, -0.05) is 39.5 Å². The van der Waals surface area contributed by atoms with E-state index in [1.165, 1.54) is 45.1 Å². The van der Waals surface area contributed by atoms with Gasteiger partial charge >= 0.3 is 0 Å². The van der Waals surface area contributed by atoms with E-state index in [0.29, 0.717) is 17.7 Å². The van der Waals surface area contributed by atoms with Crippen LogP contribution in [0.4, 0.5) is 0 Å². The molecule has 0 aromatic carbocycles. The molecule has 3 nitrogen and oxygen atoms in total. The number of methoxy groups -OCH3 is 1. The Balaban J connectivity index is 2.05. The Bertz CT molecular complexity index is 289. The van der Waals surface area contributed by atoms with Crippen molar-refractivity contribution in [1.82, 2.24) is 10.2 Å². The molecular weight excluding hydrogens is 248 g/mol. The quantitative estimate of drug-likeness (QED) is 0.839. The maximum atomic E-state index is 5.53. The van der Waals surface area contributed by atoms with Crippen LogP contribution in [0.25, 0.3) is 0 Å². The summed E-state index contributed by atoms with van der Waals surface area (Å²) in [5.74, 6) is 0.757. The van der Waals surface area contributed by atoms with E-state index in [-0.39, 0.29) is 0 Å². The fraction of sp³-hybridized carbons (Fsp3) is 1.00. The van der Waals surface area contributed by atoms with Crippen molar-refractivity contribution in [3.8, 4) is 0 Å². The molecule has 3 atom stereocenters. The van der Waals surface area contributed by atoms with Gasteiger partial charge in [-0.15, -0.1) is 0 Å². The second-order valence-electron chi connectivity index (χ2n) is 7.15. The van der Waals surface area contributed by atoms with Gasteiger partial charge in [-0.2, -0.15) is 0 Å². The molecular formula is C17H34N2O. The fourth-order valence-corrected chi connectivity index (χ4v) is 4.01. The Morgan fingerprint density at radius 1 is 1.25 bits per heavy atom. The summed E-state index contributed by atoms with van der Waals surface area (Å²) in [5, 5.41) is 3.94. The fourth-order valence-electron chi connectivity index (χ4n) is 4.01. The van der Waals surface area contributed by atoms with Crippen molar-refractivity contribution in [2.45, 2.75) is 77.0 Å². The molecule has 20 heavy (non-hydrogen) atoms. The van der Waals surface area contributed by atoms with Gasteiger partial charge in [0, 0.05) is 38.3 Å². The van der Waals surface area contributed by atoms with Crippen molar-refractivity contribution in [2.75, 3.05) is 26.7 Å². The predicted molar refractivity (Wildman–Crippen MR) is 85.1 cm³/mol. The zero-order chi connectivity index (χ0) is 14.6. The van der Waals surface area contributed by atoms with Crippen LogP contribution in [0, 0.1) is 5.92 Å². The summed E-state index contributed by atoms with van der Waals surface area (Å²) in [6.07, 6.45) is 8.53. The molecule has 1 aliphatic heterocycles. The summed E-state index contributed by atoms with van der Waals surface area (Å²) < 4.78 is 5.53. The second kappa shape index (κ2) is 7.24. The zero-order valence-electron chi connectivity index (χ0n) is 14.0. The van der Waals surface area contributed by atoms with Crippen LogP contribution in [-0.2, 0) is 4.74 Å². The molecule has 1 saturated heterocycles. The number of rotatable bonds is 5. The van der Waals surface area contributed by atoms with Crippen LogP contribution < -0.4 is 5.32 Å². The lowest BCUT2D eigenvalue weighted by molar-refractivity contribution is -0.00555. The van der Waals surface area contributed by atoms with Crippen LogP contribution in [0.2, 0.25) is 0 Å². The van der Waals surface area contributed by atoms with Crippen molar-refractivity contribution >= 4 is 0 Å². The van der Waals surface area contributed by atoms with Crippen LogP contribution in [0.1, 0.15) is 59.3 Å². The number of nitrogens with zero attached hydrogens (tertiary/aromatic N) is 1. The van der Waals surface area contributed by atoms with E-state index in [9.17, 15) is 0 Å². The third-order valence-corrected chi connectivity index (χ3v) is 5.67. The molecule has 0 aromatic heterocycles. The first-order valence-corrected chi connectivity index (χ1v) is 8.62. The van der Waals surface area contributed by atoms with E-state index in [4.69, 9.17) is 4.74 Å². The van der Waals surface area contributed by atoms with Crippen molar-refractivity contribution in [2.24, 2.45) is 5.92 Å². The van der Waals surface area contributed by atoms with Gasteiger partial charge in [-0.05, 0) is 25.7 Å². The number of hydrogen-bond acceptors (Lipinski definition) is 3. The molecule has 3 heteroatoms. The highest BCUT2D eigenvalue weighted by Crippen LogP contribution is 2.33. The van der Waals surface area contributed by atoms with Gasteiger partial charge in [0.15, 0.2) is 0 Å². The molecule has 0 aromatic rings. The molecule has 2 rings (SSSR count). The number of nitrogens with one attached hydrogen (secondary N) is 1. The van der Waals surface area contributed by atoms with Crippen molar-refractivity contribution in [3.63, 3.8) is 0 Å². The van der Waals surface area contributed by atoms with Gasteiger partial charge in [0.1, 0.15) is 0 Å². The van der Waals surface area contributed by atoms with Crippen LogP contribution in [-0.4, -0.2) is 49.3 Å². The minimum Gasteiger partial charge on any atom is -0.380 e. The van der Waals surface area contributed by atoms with Gasteiger partial charge in [0.05, 0.1) is 6.10 Å². The van der Waals surface area contributed by atoms with Gasteiger partial charge < -0.3 is 10.1 Å². The Kier molecular flexibility index (Phi) is 5.88. The van der Waals surface area contributed by atoms with Crippen LogP contribution in [0.5, 0.6) is 0 Å². The first-order valence-electron chi connectivity index (χ1n) is 8.62. The Morgan fingerprint density at radius 3 is 2.55 bits per heavy atom. The SMILES string of the molecule is CCC(C)C1CNC2(CCCCC2)CN1CC(C)OC. The third-order valence-electron chi connectivity index (χ3n) is 5.67. The third kappa shape index (κ3) is 3.75. The van der Waals surface area contributed by atoms with Gasteiger partial charge in [0.2, 0.25) is 0 Å². The van der Waals surface area contributed by atoms with Gasteiger partial charge in [-0.3, -0.25) is 4.90 Å². The molecule has 1 N–H and O–H groups in total. The minimum absolute atomic E-state index is 0.334. The smallest absolute Gasteiger partial charge is 0.0670 e. The molecule has 2 aliphatic rings. The summed E-state index contributed by atoms with van der Waals surface area (Å²) >= 11 is 0. The highest BCUT2D eigenvalue weighted by atomic mass is 16.5. The highest BCUT2D eigenvalue weighted by Gasteiger charge is 2.41. The maximum Gasteiger partial charge on any atom is 0.0670 e. The number of hydrogen-bond donors (Lipinski definition) is 1. The molecule has 1 spiro atoms. The van der Waals surface area contributed by atoms with Crippen LogP contribution in [0.3, 0.4) is 0 Å². The van der Waals surface area contributed by atoms with E-state index >= 15 is 0 Å². The lowest BCUT2D eigenvalue weighted by atomic mass is 9.78. The molecule has 1 saturated carbocycles. The van der Waals surface area contributed by atoms with Gasteiger partial charge in [-0.25, -0.2) is 0 Å². The standard InChI is InChI=1S/C17H34N2O/c1-5-14(2)16-11-18-17(9-7-6-8-10-17)13-19(16)12-15(3)20-4/h14-16,18H,5-13H2,1-4H3. The van der Waals surface area contributed by atoms with E-state index in [2.05, 4.69) is 31.0 Å². The Morgan fingerprint density at radius 2 is 1.95 bits per heavy atom. The summed E-state index contributed by atoms with van der Waals surface area (Å²) in [5.41, 5.74) is 0.398. The van der Waals surface area contributed by atoms with Crippen molar-refractivity contribution < 1.29 is 4.74 Å². The normalized spacial score (nSPS) is 30.3. The first-order chi connectivity index (χ1) is 9.60. The topological polar surface area (TPSA) is 24.5 Å². The molecule has 0 radical (unpaired) electrons. The molecule has 1 aliphatic carbocycles. The number of ether oxygens (including phenoxy) is 1. The Hall–Kier alpha value is -0.120. The summed E-state index contributed by atoms with van der Waals surface area (Å²) in [6.45, 7) is 10.4. The molecule has 2 fully saturated rings. The molecule has 1 heterocycles. The average molecular weight is 282 g/mol. The molecule has 3 unspecified atom stereocenters. The van der Waals surface area contributed by atoms with E-state index < -0.39 is 0 Å². The maximum absolute atomic E-state index is 5.53. The lowest BCUT2D eigenvalue weighted by Crippen LogP contribution is -2.66. The largest absolute Gasteiger partial charge is 0.380 e. The molecule has 0 bridgehead atoms. The molecule has 0 amide bonds. The highest BCUT2D eigenvalue weighted by molar-refractivity contribution is 5.00. The molecule has 118 valence electrons. The van der Waals surface area contributed by atoms with Crippen molar-refractivity contribution in [3.05, 3.63) is 0 Å². The predicted octanol–water partition coefficient (Wildman–Crippen LogP) is 3.04.